The fourth-order valence-corrected chi connectivity index (χ4v) is 2.44. The number of hydrogen-bond donors (Lipinski definition) is 3. The van der Waals surface area contributed by atoms with Gasteiger partial charge in [0.25, 0.3) is 0 Å². The van der Waals surface area contributed by atoms with Crippen molar-refractivity contribution >= 4 is 11.7 Å². The zero-order chi connectivity index (χ0) is 13.7. The molecule has 0 bridgehead atoms. The Morgan fingerprint density at radius 3 is 2.79 bits per heavy atom. The Kier molecular flexibility index (Phi) is 4.03. The van der Waals surface area contributed by atoms with Gasteiger partial charge < -0.3 is 15.7 Å². The molecule has 19 heavy (non-hydrogen) atoms. The van der Waals surface area contributed by atoms with E-state index in [0.717, 1.165) is 25.7 Å². The van der Waals surface area contributed by atoms with Crippen LogP contribution in [0.3, 0.4) is 0 Å². The lowest BCUT2D eigenvalue weighted by atomic mass is 9.99. The third-order valence-electron chi connectivity index (χ3n) is 3.49. The monoisotopic (exact) mass is 259 g/mol. The Morgan fingerprint density at radius 1 is 1.42 bits per heavy atom. The van der Waals surface area contributed by atoms with Crippen LogP contribution in [0.1, 0.15) is 31.2 Å². The molecule has 0 atom stereocenters. The van der Waals surface area contributed by atoms with Crippen LogP contribution in [0.2, 0.25) is 0 Å². The number of aliphatic hydroxyl groups excluding tert-OH is 1. The van der Waals surface area contributed by atoms with Gasteiger partial charge in [-0.25, -0.2) is 4.79 Å². The molecule has 5 nitrogen and oxygen atoms in total. The topological polar surface area (TPSA) is 85.2 Å². The first kappa shape index (κ1) is 13.4. The van der Waals surface area contributed by atoms with E-state index in [2.05, 4.69) is 10.6 Å². The number of nitrogens with zero attached hydrogens (tertiary/aromatic N) is 1. The van der Waals surface area contributed by atoms with E-state index < -0.39 is 5.54 Å². The van der Waals surface area contributed by atoms with E-state index in [1.807, 2.05) is 6.07 Å². The Labute approximate surface area is 112 Å². The van der Waals surface area contributed by atoms with Gasteiger partial charge in [0.05, 0.1) is 23.8 Å². The van der Waals surface area contributed by atoms with Crippen molar-refractivity contribution in [1.29, 1.82) is 5.26 Å². The molecular weight excluding hydrogens is 242 g/mol. The second-order valence-corrected chi connectivity index (χ2v) is 4.92. The number of nitriles is 1. The lowest BCUT2D eigenvalue weighted by Gasteiger charge is -2.27. The molecule has 1 aromatic carbocycles. The van der Waals surface area contributed by atoms with Gasteiger partial charge in [0.1, 0.15) is 0 Å². The molecule has 1 aliphatic carbocycles. The summed E-state index contributed by atoms with van der Waals surface area (Å²) in [6.45, 7) is -0.0430. The Balaban J connectivity index is 1.99. The fraction of sp³-hybridized carbons (Fsp3) is 0.429. The predicted octanol–water partition coefficient (Wildman–Crippen LogP) is 1.98. The van der Waals surface area contributed by atoms with Gasteiger partial charge in [-0.15, -0.1) is 0 Å². The minimum atomic E-state index is -0.489. The second kappa shape index (κ2) is 5.72. The minimum absolute atomic E-state index is 0.0430. The molecule has 1 aliphatic rings. The standard InChI is InChI=1S/C14H17N3O2/c15-9-11-4-3-5-12(8-11)16-13(19)17-14(10-18)6-1-2-7-14/h3-5,8,18H,1-2,6-7,10H2,(H2,16,17,19). The van der Waals surface area contributed by atoms with E-state index in [-0.39, 0.29) is 12.6 Å². The third-order valence-corrected chi connectivity index (χ3v) is 3.49. The lowest BCUT2D eigenvalue weighted by molar-refractivity contribution is 0.167. The number of anilines is 1. The summed E-state index contributed by atoms with van der Waals surface area (Å²) in [6.07, 6.45) is 3.64. The van der Waals surface area contributed by atoms with Crippen LogP contribution >= 0.6 is 0 Å². The second-order valence-electron chi connectivity index (χ2n) is 4.92. The van der Waals surface area contributed by atoms with Crippen LogP contribution in [0, 0.1) is 11.3 Å². The molecule has 5 heteroatoms. The van der Waals surface area contributed by atoms with Crippen molar-refractivity contribution in [3.8, 4) is 6.07 Å². The first-order valence-electron chi connectivity index (χ1n) is 6.38. The highest BCUT2D eigenvalue weighted by Gasteiger charge is 2.34. The summed E-state index contributed by atoms with van der Waals surface area (Å²) < 4.78 is 0. The van der Waals surface area contributed by atoms with E-state index >= 15 is 0 Å². The van der Waals surface area contributed by atoms with Crippen LogP contribution in [0.5, 0.6) is 0 Å². The quantitative estimate of drug-likeness (QED) is 0.776. The molecular formula is C14H17N3O2. The van der Waals surface area contributed by atoms with Gasteiger partial charge in [0.2, 0.25) is 0 Å². The number of carbonyl (C=O) groups is 1. The van der Waals surface area contributed by atoms with Gasteiger partial charge in [0, 0.05) is 5.69 Å². The minimum Gasteiger partial charge on any atom is -0.394 e. The number of aliphatic hydroxyl groups is 1. The van der Waals surface area contributed by atoms with E-state index in [9.17, 15) is 9.90 Å². The maximum Gasteiger partial charge on any atom is 0.319 e. The van der Waals surface area contributed by atoms with Crippen molar-refractivity contribution in [1.82, 2.24) is 5.32 Å². The third kappa shape index (κ3) is 3.24. The van der Waals surface area contributed by atoms with Gasteiger partial charge >= 0.3 is 6.03 Å². The fourth-order valence-electron chi connectivity index (χ4n) is 2.44. The zero-order valence-electron chi connectivity index (χ0n) is 10.6. The van der Waals surface area contributed by atoms with Crippen molar-refractivity contribution in [3.63, 3.8) is 0 Å². The average Bonchev–Trinajstić information content (AvgIpc) is 2.88. The molecule has 0 heterocycles. The number of urea groups is 1. The van der Waals surface area contributed by atoms with Crippen LogP contribution in [-0.4, -0.2) is 23.3 Å². The van der Waals surface area contributed by atoms with Gasteiger partial charge in [-0.2, -0.15) is 5.26 Å². The first-order chi connectivity index (χ1) is 9.17. The van der Waals surface area contributed by atoms with Crippen LogP contribution in [0.4, 0.5) is 10.5 Å². The van der Waals surface area contributed by atoms with Crippen molar-refractivity contribution in [2.75, 3.05) is 11.9 Å². The molecule has 2 rings (SSSR count). The first-order valence-corrected chi connectivity index (χ1v) is 6.38. The Bertz CT molecular complexity index is 502. The van der Waals surface area contributed by atoms with Crippen molar-refractivity contribution in [3.05, 3.63) is 29.8 Å². The van der Waals surface area contributed by atoms with Gasteiger partial charge in [0.15, 0.2) is 0 Å². The molecule has 100 valence electrons. The highest BCUT2D eigenvalue weighted by Crippen LogP contribution is 2.29. The maximum absolute atomic E-state index is 11.9. The van der Waals surface area contributed by atoms with Crippen LogP contribution in [0.25, 0.3) is 0 Å². The van der Waals surface area contributed by atoms with E-state index in [4.69, 9.17) is 5.26 Å². The highest BCUT2D eigenvalue weighted by atomic mass is 16.3. The summed E-state index contributed by atoms with van der Waals surface area (Å²) in [6, 6.07) is 8.40. The van der Waals surface area contributed by atoms with Crippen molar-refractivity contribution in [2.45, 2.75) is 31.2 Å². The SMILES string of the molecule is N#Cc1cccc(NC(=O)NC2(CO)CCCC2)c1. The van der Waals surface area contributed by atoms with Gasteiger partial charge in [-0.1, -0.05) is 18.9 Å². The molecule has 0 spiro atoms. The van der Waals surface area contributed by atoms with Gasteiger partial charge in [-0.05, 0) is 31.0 Å². The number of amides is 2. The summed E-state index contributed by atoms with van der Waals surface area (Å²) in [5, 5.41) is 23.8. The lowest BCUT2D eigenvalue weighted by Crippen LogP contribution is -2.50. The van der Waals surface area contributed by atoms with E-state index in [0.29, 0.717) is 11.3 Å². The molecule has 0 saturated heterocycles. The number of benzene rings is 1. The molecule has 0 aliphatic heterocycles. The molecule has 2 amide bonds. The van der Waals surface area contributed by atoms with Crippen molar-refractivity contribution < 1.29 is 9.90 Å². The highest BCUT2D eigenvalue weighted by molar-refractivity contribution is 5.90. The van der Waals surface area contributed by atoms with Crippen LogP contribution in [-0.2, 0) is 0 Å². The summed E-state index contributed by atoms with van der Waals surface area (Å²) in [7, 11) is 0. The largest absolute Gasteiger partial charge is 0.394 e. The summed E-state index contributed by atoms with van der Waals surface area (Å²) in [4.78, 5) is 11.9. The summed E-state index contributed by atoms with van der Waals surface area (Å²) in [5.41, 5.74) is 0.579. The normalized spacial score (nSPS) is 16.6. The van der Waals surface area contributed by atoms with Crippen LogP contribution < -0.4 is 10.6 Å². The summed E-state index contributed by atoms with van der Waals surface area (Å²) >= 11 is 0. The predicted molar refractivity (Wildman–Crippen MR) is 71.6 cm³/mol. The molecule has 0 unspecified atom stereocenters. The number of rotatable bonds is 3. The molecule has 3 N–H and O–H groups in total. The molecule has 1 saturated carbocycles. The Hall–Kier alpha value is -2.06. The molecule has 0 radical (unpaired) electrons. The van der Waals surface area contributed by atoms with E-state index in [1.54, 1.807) is 24.3 Å². The number of nitrogens with one attached hydrogen (secondary N) is 2. The smallest absolute Gasteiger partial charge is 0.319 e. The van der Waals surface area contributed by atoms with E-state index in [1.165, 1.54) is 0 Å². The zero-order valence-corrected chi connectivity index (χ0v) is 10.6. The maximum atomic E-state index is 11.9. The Morgan fingerprint density at radius 2 is 2.16 bits per heavy atom. The van der Waals surface area contributed by atoms with Crippen LogP contribution in [0.15, 0.2) is 24.3 Å². The average molecular weight is 259 g/mol. The molecule has 1 aromatic rings. The number of carbonyl (C=O) groups excluding carboxylic acids is 1. The van der Waals surface area contributed by atoms with Gasteiger partial charge in [-0.3, -0.25) is 0 Å². The molecule has 0 aromatic heterocycles. The van der Waals surface area contributed by atoms with Crippen molar-refractivity contribution in [2.24, 2.45) is 0 Å². The summed E-state index contributed by atoms with van der Waals surface area (Å²) in [5.74, 6) is 0. The molecule has 1 fully saturated rings. The number of hydrogen-bond acceptors (Lipinski definition) is 3.